The van der Waals surface area contributed by atoms with E-state index >= 15 is 0 Å². The van der Waals surface area contributed by atoms with Crippen LogP contribution in [0.15, 0.2) is 63.9 Å². The number of nitrogen functional groups attached to an aromatic ring is 1. The smallest absolute Gasteiger partial charge is 0.408 e. The van der Waals surface area contributed by atoms with Crippen LogP contribution in [0.5, 0.6) is 0 Å². The van der Waals surface area contributed by atoms with Crippen molar-refractivity contribution in [1.29, 1.82) is 0 Å². The Morgan fingerprint density at radius 1 is 1.18 bits per heavy atom. The van der Waals surface area contributed by atoms with Crippen LogP contribution in [-0.2, 0) is 13.1 Å². The minimum atomic E-state index is -4.40. The average molecular weight is 548 g/mol. The Bertz CT molecular complexity index is 1570. The topological polar surface area (TPSA) is 97.5 Å². The lowest BCUT2D eigenvalue weighted by Gasteiger charge is -2.31. The lowest BCUT2D eigenvalue weighted by Crippen LogP contribution is -2.37. The molecule has 0 radical (unpaired) electrons. The first-order chi connectivity index (χ1) is 18.0. The number of oxazole rings is 1. The molecule has 0 saturated carbocycles. The van der Waals surface area contributed by atoms with Crippen molar-refractivity contribution in [1.82, 2.24) is 19.7 Å². The van der Waals surface area contributed by atoms with Gasteiger partial charge in [-0.2, -0.15) is 23.3 Å². The first-order valence-electron chi connectivity index (χ1n) is 11.5. The van der Waals surface area contributed by atoms with E-state index in [9.17, 15) is 17.6 Å². The van der Waals surface area contributed by atoms with Gasteiger partial charge in [0.15, 0.2) is 5.58 Å². The van der Waals surface area contributed by atoms with Crippen LogP contribution in [0.1, 0.15) is 29.7 Å². The van der Waals surface area contributed by atoms with E-state index in [2.05, 4.69) is 15.4 Å². The fourth-order valence-electron chi connectivity index (χ4n) is 4.13. The number of alkyl halides is 3. The molecule has 0 spiro atoms. The van der Waals surface area contributed by atoms with Crippen LogP contribution < -0.4 is 11.1 Å². The minimum Gasteiger partial charge on any atom is -0.421 e. The number of fused-ring (bicyclic) bond motifs is 1. The first kappa shape index (κ1) is 25.6. The normalized spacial score (nSPS) is 16.1. The van der Waals surface area contributed by atoms with Gasteiger partial charge >= 0.3 is 12.2 Å². The number of aromatic nitrogens is 3. The molecule has 3 N–H and O–H groups in total. The van der Waals surface area contributed by atoms with E-state index in [1.807, 2.05) is 38.1 Å². The number of nitrogens with zero attached hydrogens (tertiary/aromatic N) is 5. The summed E-state index contributed by atoms with van der Waals surface area (Å²) >= 11 is 6.51. The SMILES string of the molecule is CC1=CC(c2ccc(C)cc2Cl)N=C(Nc2nc3ccc(F)c(N)c3o2)N1Cc1cnn(CC(F)(F)F)c1. The highest BCUT2D eigenvalue weighted by atomic mass is 35.5. The standard InChI is InChI=1S/C25H22ClF4N7O/c1-13-3-4-16(17(26)7-13)20-8-14(2)37(11-15-9-32-36(10-15)12-25(28,29)30)23(33-20)35-24-34-19-6-5-18(27)21(31)22(19)38-24/h3-10,20H,11-12,31H2,1-2H3,(H,33,34,35). The van der Waals surface area contributed by atoms with Gasteiger partial charge < -0.3 is 15.1 Å². The number of benzene rings is 2. The second kappa shape index (κ2) is 9.67. The van der Waals surface area contributed by atoms with Gasteiger partial charge in [-0.3, -0.25) is 10.00 Å². The number of halogens is 5. The van der Waals surface area contributed by atoms with Crippen LogP contribution >= 0.6 is 11.6 Å². The largest absolute Gasteiger partial charge is 0.421 e. The molecule has 2 aromatic heterocycles. The number of nitrogens with two attached hydrogens (primary N) is 1. The maximum absolute atomic E-state index is 13.9. The molecule has 198 valence electrons. The zero-order chi connectivity index (χ0) is 27.2. The number of hydrogen-bond donors (Lipinski definition) is 2. The third kappa shape index (κ3) is 5.30. The monoisotopic (exact) mass is 547 g/mol. The molecule has 1 aliphatic rings. The summed E-state index contributed by atoms with van der Waals surface area (Å²) in [7, 11) is 0. The number of guanidine groups is 1. The van der Waals surface area contributed by atoms with Crippen LogP contribution in [-0.4, -0.2) is 31.8 Å². The van der Waals surface area contributed by atoms with Crippen LogP contribution in [0.4, 0.5) is 29.3 Å². The van der Waals surface area contributed by atoms with Crippen molar-refractivity contribution in [3.8, 4) is 0 Å². The lowest BCUT2D eigenvalue weighted by atomic mass is 10.0. The van der Waals surface area contributed by atoms with Gasteiger partial charge in [0.05, 0.1) is 12.7 Å². The van der Waals surface area contributed by atoms with Crippen LogP contribution in [0.2, 0.25) is 5.02 Å². The molecule has 0 aliphatic carbocycles. The Labute approximate surface area is 219 Å². The number of rotatable bonds is 5. The fourth-order valence-corrected chi connectivity index (χ4v) is 4.48. The molecule has 2 aromatic carbocycles. The van der Waals surface area contributed by atoms with Gasteiger partial charge in [0, 0.05) is 22.5 Å². The summed E-state index contributed by atoms with van der Waals surface area (Å²) in [5.41, 5.74) is 9.06. The molecular formula is C25H22ClF4N7O. The number of aliphatic imine (C=N–C) groups is 1. The molecule has 3 heterocycles. The fraction of sp³-hybridized carbons (Fsp3) is 0.240. The second-order valence-corrected chi connectivity index (χ2v) is 9.34. The molecule has 8 nitrogen and oxygen atoms in total. The highest BCUT2D eigenvalue weighted by Crippen LogP contribution is 2.34. The zero-order valence-electron chi connectivity index (χ0n) is 20.2. The maximum Gasteiger partial charge on any atom is 0.408 e. The molecule has 1 atom stereocenters. The van der Waals surface area contributed by atoms with Crippen molar-refractivity contribution in [2.24, 2.45) is 4.99 Å². The van der Waals surface area contributed by atoms with Crippen molar-refractivity contribution in [3.05, 3.63) is 82.0 Å². The highest BCUT2D eigenvalue weighted by Gasteiger charge is 2.29. The number of anilines is 2. The summed E-state index contributed by atoms with van der Waals surface area (Å²) in [6.45, 7) is 2.72. The predicted octanol–water partition coefficient (Wildman–Crippen LogP) is 6.20. The Morgan fingerprint density at radius 3 is 2.71 bits per heavy atom. The van der Waals surface area contributed by atoms with E-state index in [1.54, 1.807) is 4.90 Å². The first-order valence-corrected chi connectivity index (χ1v) is 11.8. The summed E-state index contributed by atoms with van der Waals surface area (Å²) in [6.07, 6.45) is 0.182. The van der Waals surface area contributed by atoms with Crippen LogP contribution in [0.25, 0.3) is 11.1 Å². The number of hydrogen-bond acceptors (Lipinski definition) is 7. The third-order valence-corrected chi connectivity index (χ3v) is 6.27. The molecule has 38 heavy (non-hydrogen) atoms. The van der Waals surface area contributed by atoms with Gasteiger partial charge in [0.25, 0.3) is 0 Å². The van der Waals surface area contributed by atoms with Crippen LogP contribution in [0.3, 0.4) is 0 Å². The Kier molecular flexibility index (Phi) is 6.51. The van der Waals surface area contributed by atoms with Crippen molar-refractivity contribution >= 4 is 40.4 Å². The van der Waals surface area contributed by atoms with Crippen molar-refractivity contribution in [3.63, 3.8) is 0 Å². The van der Waals surface area contributed by atoms with Crippen LogP contribution in [0, 0.1) is 12.7 Å². The molecule has 0 saturated heterocycles. The van der Waals surface area contributed by atoms with Gasteiger partial charge in [0.2, 0.25) is 5.96 Å². The summed E-state index contributed by atoms with van der Waals surface area (Å²) < 4.78 is 58.8. The third-order valence-electron chi connectivity index (χ3n) is 5.95. The molecule has 0 bridgehead atoms. The van der Waals surface area contributed by atoms with E-state index in [0.717, 1.165) is 21.5 Å². The molecule has 5 rings (SSSR count). The van der Waals surface area contributed by atoms with E-state index in [4.69, 9.17) is 26.7 Å². The Balaban J connectivity index is 1.50. The van der Waals surface area contributed by atoms with Crippen molar-refractivity contribution in [2.45, 2.75) is 39.2 Å². The Morgan fingerprint density at radius 2 is 1.97 bits per heavy atom. The van der Waals surface area contributed by atoms with E-state index in [1.165, 1.54) is 24.5 Å². The Hall–Kier alpha value is -4.06. The van der Waals surface area contributed by atoms with Gasteiger partial charge in [-0.05, 0) is 49.2 Å². The van der Waals surface area contributed by atoms with Gasteiger partial charge in [-0.1, -0.05) is 23.7 Å². The highest BCUT2D eigenvalue weighted by molar-refractivity contribution is 6.31. The molecule has 4 aromatic rings. The van der Waals surface area contributed by atoms with Gasteiger partial charge in [0.1, 0.15) is 29.6 Å². The van der Waals surface area contributed by atoms with Gasteiger partial charge in [-0.15, -0.1) is 0 Å². The number of aryl methyl sites for hydroxylation is 1. The molecule has 13 heteroatoms. The molecule has 1 aliphatic heterocycles. The number of allylic oxidation sites excluding steroid dienone is 1. The summed E-state index contributed by atoms with van der Waals surface area (Å²) in [6, 6.07) is 7.81. The predicted molar refractivity (Wildman–Crippen MR) is 136 cm³/mol. The zero-order valence-corrected chi connectivity index (χ0v) is 21.0. The lowest BCUT2D eigenvalue weighted by molar-refractivity contribution is -0.142. The molecule has 0 fully saturated rings. The van der Waals surface area contributed by atoms with E-state index in [-0.39, 0.29) is 23.8 Å². The van der Waals surface area contributed by atoms with Crippen molar-refractivity contribution < 1.29 is 22.0 Å². The molecular weight excluding hydrogens is 526 g/mol. The minimum absolute atomic E-state index is 0.0114. The number of nitrogens with one attached hydrogen (secondary N) is 1. The quantitative estimate of drug-likeness (QED) is 0.228. The van der Waals surface area contributed by atoms with Gasteiger partial charge in [-0.25, -0.2) is 9.38 Å². The maximum atomic E-state index is 13.9. The molecule has 1 unspecified atom stereocenters. The van der Waals surface area contributed by atoms with Crippen molar-refractivity contribution in [2.75, 3.05) is 11.1 Å². The summed E-state index contributed by atoms with van der Waals surface area (Å²) in [5.74, 6) is -0.346. The van der Waals surface area contributed by atoms with E-state index in [0.29, 0.717) is 22.1 Å². The summed E-state index contributed by atoms with van der Waals surface area (Å²) in [4.78, 5) is 10.9. The second-order valence-electron chi connectivity index (χ2n) is 8.93. The molecule has 0 amide bonds. The van der Waals surface area contributed by atoms with E-state index < -0.39 is 24.6 Å². The average Bonchev–Trinajstić information content (AvgIpc) is 3.44. The summed E-state index contributed by atoms with van der Waals surface area (Å²) in [5, 5.41) is 7.38.